The van der Waals surface area contributed by atoms with Crippen LogP contribution in [0.4, 0.5) is 5.69 Å². The zero-order chi connectivity index (χ0) is 13.8. The molecule has 3 nitrogen and oxygen atoms in total. The Morgan fingerprint density at radius 1 is 1.16 bits per heavy atom. The van der Waals surface area contributed by atoms with Gasteiger partial charge in [-0.05, 0) is 52.3 Å². The SMILES string of the molecule is N#Cc1ccc(NCc2cc(Br)ccc2O)c(Br)c1. The van der Waals surface area contributed by atoms with Gasteiger partial charge in [0.15, 0.2) is 0 Å². The molecule has 0 aliphatic rings. The highest BCUT2D eigenvalue weighted by atomic mass is 79.9. The normalized spacial score (nSPS) is 9.95. The van der Waals surface area contributed by atoms with Gasteiger partial charge < -0.3 is 10.4 Å². The number of nitriles is 1. The minimum atomic E-state index is 0.250. The summed E-state index contributed by atoms with van der Waals surface area (Å²) in [5, 5.41) is 21.8. The Morgan fingerprint density at radius 3 is 2.63 bits per heavy atom. The standard InChI is InChI=1S/C14H10Br2N2O/c15-11-2-4-14(19)10(6-11)8-18-13-3-1-9(7-17)5-12(13)16/h1-6,18-19H,8H2. The number of halogens is 2. The minimum Gasteiger partial charge on any atom is -0.508 e. The Labute approximate surface area is 128 Å². The number of hydrogen-bond acceptors (Lipinski definition) is 3. The van der Waals surface area contributed by atoms with E-state index in [9.17, 15) is 5.11 Å². The first kappa shape index (κ1) is 13.9. The maximum Gasteiger partial charge on any atom is 0.120 e. The highest BCUT2D eigenvalue weighted by Crippen LogP contribution is 2.26. The molecule has 0 aromatic heterocycles. The molecule has 0 radical (unpaired) electrons. The first-order valence-corrected chi connectivity index (χ1v) is 7.09. The Kier molecular flexibility index (Phi) is 4.46. The molecule has 0 amide bonds. The number of anilines is 1. The van der Waals surface area contributed by atoms with Crippen molar-refractivity contribution in [2.45, 2.75) is 6.54 Å². The zero-order valence-corrected chi connectivity index (χ0v) is 13.0. The fourth-order valence-corrected chi connectivity index (χ4v) is 2.54. The van der Waals surface area contributed by atoms with Crippen LogP contribution in [0.3, 0.4) is 0 Å². The lowest BCUT2D eigenvalue weighted by Crippen LogP contribution is -2.00. The van der Waals surface area contributed by atoms with Crippen LogP contribution in [0.1, 0.15) is 11.1 Å². The molecule has 0 heterocycles. The molecule has 2 rings (SSSR count). The van der Waals surface area contributed by atoms with Crippen LogP contribution >= 0.6 is 31.9 Å². The van der Waals surface area contributed by atoms with Crippen molar-refractivity contribution in [2.75, 3.05) is 5.32 Å². The summed E-state index contributed by atoms with van der Waals surface area (Å²) < 4.78 is 1.74. The van der Waals surface area contributed by atoms with Gasteiger partial charge in [-0.15, -0.1) is 0 Å². The van der Waals surface area contributed by atoms with Crippen molar-refractivity contribution in [2.24, 2.45) is 0 Å². The molecular weight excluding hydrogens is 372 g/mol. The number of hydrogen-bond donors (Lipinski definition) is 2. The number of phenols is 1. The molecule has 96 valence electrons. The summed E-state index contributed by atoms with van der Waals surface area (Å²) in [6.45, 7) is 0.496. The predicted molar refractivity (Wildman–Crippen MR) is 82.0 cm³/mol. The van der Waals surface area contributed by atoms with E-state index in [0.29, 0.717) is 12.1 Å². The van der Waals surface area contributed by atoms with E-state index in [1.807, 2.05) is 12.1 Å². The van der Waals surface area contributed by atoms with Gasteiger partial charge in [-0.1, -0.05) is 15.9 Å². The predicted octanol–water partition coefficient (Wildman–Crippen LogP) is 4.40. The summed E-state index contributed by atoms with van der Waals surface area (Å²) in [4.78, 5) is 0. The maximum atomic E-state index is 9.75. The van der Waals surface area contributed by atoms with E-state index in [2.05, 4.69) is 43.2 Å². The number of rotatable bonds is 3. The second kappa shape index (κ2) is 6.09. The van der Waals surface area contributed by atoms with Crippen molar-refractivity contribution < 1.29 is 5.11 Å². The molecule has 0 saturated carbocycles. The minimum absolute atomic E-state index is 0.250. The fraction of sp³-hybridized carbons (Fsp3) is 0.0714. The second-order valence-electron chi connectivity index (χ2n) is 3.93. The van der Waals surface area contributed by atoms with Gasteiger partial charge in [-0.3, -0.25) is 0 Å². The van der Waals surface area contributed by atoms with E-state index in [0.717, 1.165) is 20.2 Å². The van der Waals surface area contributed by atoms with Gasteiger partial charge in [0, 0.05) is 26.7 Å². The van der Waals surface area contributed by atoms with Crippen LogP contribution in [0.2, 0.25) is 0 Å². The van der Waals surface area contributed by atoms with Gasteiger partial charge in [0.2, 0.25) is 0 Å². The molecule has 0 spiro atoms. The third kappa shape index (κ3) is 3.49. The fourth-order valence-electron chi connectivity index (χ4n) is 1.61. The van der Waals surface area contributed by atoms with Crippen LogP contribution in [0.5, 0.6) is 5.75 Å². The van der Waals surface area contributed by atoms with Gasteiger partial charge >= 0.3 is 0 Å². The molecule has 5 heteroatoms. The molecule has 19 heavy (non-hydrogen) atoms. The average molecular weight is 382 g/mol. The Balaban J connectivity index is 2.15. The summed E-state index contributed by atoms with van der Waals surface area (Å²) in [6, 6.07) is 12.7. The smallest absolute Gasteiger partial charge is 0.120 e. The summed E-state index contributed by atoms with van der Waals surface area (Å²) in [5.74, 6) is 0.250. The highest BCUT2D eigenvalue weighted by molar-refractivity contribution is 9.10. The largest absolute Gasteiger partial charge is 0.508 e. The Morgan fingerprint density at radius 2 is 1.95 bits per heavy atom. The van der Waals surface area contributed by atoms with Gasteiger partial charge in [-0.25, -0.2) is 0 Å². The summed E-state index contributed by atoms with van der Waals surface area (Å²) >= 11 is 6.78. The summed E-state index contributed by atoms with van der Waals surface area (Å²) in [6.07, 6.45) is 0. The molecule has 0 bridgehead atoms. The quantitative estimate of drug-likeness (QED) is 0.828. The number of nitrogens with one attached hydrogen (secondary N) is 1. The van der Waals surface area contributed by atoms with Gasteiger partial charge in [0.25, 0.3) is 0 Å². The van der Waals surface area contributed by atoms with Crippen molar-refractivity contribution in [3.8, 4) is 11.8 Å². The first-order chi connectivity index (χ1) is 9.10. The van der Waals surface area contributed by atoms with Gasteiger partial charge in [0.05, 0.1) is 11.6 Å². The van der Waals surface area contributed by atoms with E-state index in [1.165, 1.54) is 0 Å². The number of nitrogens with zero attached hydrogens (tertiary/aromatic N) is 1. The van der Waals surface area contributed by atoms with E-state index < -0.39 is 0 Å². The van der Waals surface area contributed by atoms with Gasteiger partial charge in [0.1, 0.15) is 5.75 Å². The lowest BCUT2D eigenvalue weighted by molar-refractivity contribution is 0.469. The molecular formula is C14H10Br2N2O. The van der Waals surface area contributed by atoms with Crippen molar-refractivity contribution in [1.29, 1.82) is 5.26 Å². The summed E-state index contributed by atoms with van der Waals surface area (Å²) in [7, 11) is 0. The lowest BCUT2D eigenvalue weighted by atomic mass is 10.2. The summed E-state index contributed by atoms with van der Waals surface area (Å²) in [5.41, 5.74) is 2.27. The average Bonchev–Trinajstić information content (AvgIpc) is 2.40. The van der Waals surface area contributed by atoms with E-state index in [1.54, 1.807) is 24.3 Å². The van der Waals surface area contributed by atoms with Crippen molar-refractivity contribution in [3.63, 3.8) is 0 Å². The maximum absolute atomic E-state index is 9.75. The first-order valence-electron chi connectivity index (χ1n) is 5.51. The van der Waals surface area contributed by atoms with Crippen LogP contribution in [-0.2, 0) is 6.54 Å². The van der Waals surface area contributed by atoms with E-state index in [-0.39, 0.29) is 5.75 Å². The molecule has 2 aromatic rings. The van der Waals surface area contributed by atoms with Crippen molar-refractivity contribution in [3.05, 3.63) is 56.5 Å². The Bertz CT molecular complexity index is 650. The monoisotopic (exact) mass is 380 g/mol. The molecule has 0 fully saturated rings. The molecule has 2 N–H and O–H groups in total. The van der Waals surface area contributed by atoms with Crippen molar-refractivity contribution in [1.82, 2.24) is 0 Å². The molecule has 0 aliphatic carbocycles. The van der Waals surface area contributed by atoms with Crippen molar-refractivity contribution >= 4 is 37.5 Å². The third-order valence-corrected chi connectivity index (χ3v) is 3.76. The van der Waals surface area contributed by atoms with E-state index in [4.69, 9.17) is 5.26 Å². The second-order valence-corrected chi connectivity index (χ2v) is 5.70. The topological polar surface area (TPSA) is 56.0 Å². The molecule has 2 aromatic carbocycles. The molecule has 0 atom stereocenters. The zero-order valence-electron chi connectivity index (χ0n) is 9.82. The lowest BCUT2D eigenvalue weighted by Gasteiger charge is -2.10. The van der Waals surface area contributed by atoms with Crippen LogP contribution in [0, 0.1) is 11.3 Å². The number of benzene rings is 2. The Hall–Kier alpha value is -1.51. The van der Waals surface area contributed by atoms with E-state index >= 15 is 0 Å². The van der Waals surface area contributed by atoms with Crippen LogP contribution < -0.4 is 5.32 Å². The highest BCUT2D eigenvalue weighted by Gasteiger charge is 2.04. The molecule has 0 saturated heterocycles. The number of phenolic OH excluding ortho intramolecular Hbond substituents is 1. The van der Waals surface area contributed by atoms with Crippen LogP contribution in [0.25, 0.3) is 0 Å². The molecule has 0 unspecified atom stereocenters. The van der Waals surface area contributed by atoms with Crippen LogP contribution in [-0.4, -0.2) is 5.11 Å². The van der Waals surface area contributed by atoms with Gasteiger partial charge in [-0.2, -0.15) is 5.26 Å². The van der Waals surface area contributed by atoms with Crippen LogP contribution in [0.15, 0.2) is 45.3 Å². The third-order valence-electron chi connectivity index (χ3n) is 2.61. The number of aromatic hydroxyl groups is 1. The molecule has 0 aliphatic heterocycles.